The third-order valence-corrected chi connectivity index (χ3v) is 1.29. The largest absolute Gasteiger partial charge is 0.493 e. The summed E-state index contributed by atoms with van der Waals surface area (Å²) in [6, 6.07) is 1.64. The maximum absolute atomic E-state index is 8.88. The average Bonchev–Trinajstić information content (AvgIpc) is 1.98. The zero-order valence-electron chi connectivity index (χ0n) is 4.43. The van der Waals surface area contributed by atoms with E-state index in [9.17, 15) is 0 Å². The van der Waals surface area contributed by atoms with Crippen LogP contribution in [0.4, 0.5) is 0 Å². The summed E-state index contributed by atoms with van der Waals surface area (Å²) in [6.07, 6.45) is 1.69. The molecule has 8 heavy (non-hydrogen) atoms. The van der Waals surface area contributed by atoms with Gasteiger partial charge < -0.3 is 9.67 Å². The normalized spacial score (nSPS) is 9.75. The molecule has 0 aliphatic heterocycles. The van der Waals surface area contributed by atoms with Crippen molar-refractivity contribution in [1.29, 1.82) is 0 Å². The number of halogens is 1. The Hall–Kier alpha value is -0.630. The van der Waals surface area contributed by atoms with Crippen LogP contribution in [0.1, 0.15) is 0 Å². The first-order chi connectivity index (χ1) is 3.72. The Morgan fingerprint density at radius 1 is 1.75 bits per heavy atom. The van der Waals surface area contributed by atoms with Crippen LogP contribution in [0.5, 0.6) is 5.88 Å². The Morgan fingerprint density at radius 2 is 2.38 bits per heavy atom. The average molecular weight is 132 g/mol. The molecule has 0 radical (unpaired) electrons. The van der Waals surface area contributed by atoms with E-state index in [1.807, 2.05) is 0 Å². The molecule has 0 saturated heterocycles. The number of hydrogen-bond acceptors (Lipinski definition) is 1. The molecule has 0 aromatic carbocycles. The first kappa shape index (κ1) is 5.51. The molecule has 2 nitrogen and oxygen atoms in total. The van der Waals surface area contributed by atoms with Crippen LogP contribution < -0.4 is 0 Å². The second-order valence-corrected chi connectivity index (χ2v) is 2.01. The molecular weight excluding hydrogens is 126 g/mol. The lowest BCUT2D eigenvalue weighted by atomic mass is 10.6. The molecule has 0 fully saturated rings. The van der Waals surface area contributed by atoms with Gasteiger partial charge in [-0.2, -0.15) is 0 Å². The molecule has 0 atom stereocenters. The van der Waals surface area contributed by atoms with E-state index in [0.717, 1.165) is 0 Å². The minimum atomic E-state index is 0.117. The molecule has 0 saturated carbocycles. The molecule has 3 heteroatoms. The second-order valence-electron chi connectivity index (χ2n) is 1.60. The first-order valence-electron chi connectivity index (χ1n) is 2.21. The molecule has 44 valence electrons. The van der Waals surface area contributed by atoms with Crippen LogP contribution in [0.2, 0.25) is 5.02 Å². The van der Waals surface area contributed by atoms with Crippen molar-refractivity contribution in [3.63, 3.8) is 0 Å². The van der Waals surface area contributed by atoms with Crippen LogP contribution in [0.15, 0.2) is 12.3 Å². The predicted molar refractivity (Wildman–Crippen MR) is 32.1 cm³/mol. The Bertz CT molecular complexity index is 175. The van der Waals surface area contributed by atoms with Gasteiger partial charge in [0, 0.05) is 13.2 Å². The molecule has 0 aliphatic carbocycles. The highest BCUT2D eigenvalue weighted by Gasteiger charge is 1.98. The number of nitrogens with zero attached hydrogens (tertiary/aromatic N) is 1. The molecule has 0 unspecified atom stereocenters. The summed E-state index contributed by atoms with van der Waals surface area (Å²) in [5.74, 6) is 0.117. The fraction of sp³-hybridized carbons (Fsp3) is 0.200. The minimum Gasteiger partial charge on any atom is -0.493 e. The minimum absolute atomic E-state index is 0.117. The van der Waals surface area contributed by atoms with E-state index in [2.05, 4.69) is 0 Å². The number of aromatic nitrogens is 1. The standard InChI is InChI=1S/C5H6ClNO/c1-7-3-2-4(6)5(7)8/h2-3,8H,1H3. The Labute approximate surface area is 52.3 Å². The van der Waals surface area contributed by atoms with Gasteiger partial charge in [0.15, 0.2) is 0 Å². The zero-order valence-corrected chi connectivity index (χ0v) is 5.18. The van der Waals surface area contributed by atoms with Crippen molar-refractivity contribution >= 4 is 11.6 Å². The predicted octanol–water partition coefficient (Wildman–Crippen LogP) is 1.38. The summed E-state index contributed by atoms with van der Waals surface area (Å²) in [5, 5.41) is 9.27. The highest BCUT2D eigenvalue weighted by atomic mass is 35.5. The van der Waals surface area contributed by atoms with Crippen LogP contribution in [-0.2, 0) is 7.05 Å². The van der Waals surface area contributed by atoms with Crippen molar-refractivity contribution in [3.8, 4) is 5.88 Å². The third-order valence-electron chi connectivity index (χ3n) is 0.992. The van der Waals surface area contributed by atoms with Gasteiger partial charge in [0.05, 0.1) is 0 Å². The lowest BCUT2D eigenvalue weighted by Gasteiger charge is -1.90. The van der Waals surface area contributed by atoms with Crippen molar-refractivity contribution in [2.24, 2.45) is 7.05 Å². The van der Waals surface area contributed by atoms with Gasteiger partial charge in [0.1, 0.15) is 5.02 Å². The van der Waals surface area contributed by atoms with Gasteiger partial charge >= 0.3 is 0 Å². The molecule has 0 bridgehead atoms. The van der Waals surface area contributed by atoms with Crippen molar-refractivity contribution in [3.05, 3.63) is 17.3 Å². The van der Waals surface area contributed by atoms with E-state index in [1.165, 1.54) is 0 Å². The molecule has 1 aromatic rings. The summed E-state index contributed by atoms with van der Waals surface area (Å²) < 4.78 is 1.54. The first-order valence-corrected chi connectivity index (χ1v) is 2.59. The van der Waals surface area contributed by atoms with Gasteiger partial charge in [0.25, 0.3) is 0 Å². The Balaban J connectivity index is 3.19. The highest BCUT2D eigenvalue weighted by molar-refractivity contribution is 6.31. The highest BCUT2D eigenvalue weighted by Crippen LogP contribution is 2.21. The summed E-state index contributed by atoms with van der Waals surface area (Å²) in [4.78, 5) is 0. The zero-order chi connectivity index (χ0) is 6.15. The quantitative estimate of drug-likeness (QED) is 0.566. The smallest absolute Gasteiger partial charge is 0.210 e. The SMILES string of the molecule is Cn1ccc(Cl)c1O. The van der Waals surface area contributed by atoms with Crippen molar-refractivity contribution in [1.82, 2.24) is 4.57 Å². The maximum atomic E-state index is 8.88. The van der Waals surface area contributed by atoms with E-state index >= 15 is 0 Å². The number of aryl methyl sites for hydroxylation is 1. The summed E-state index contributed by atoms with van der Waals surface area (Å²) in [5.41, 5.74) is 0. The van der Waals surface area contributed by atoms with E-state index in [-0.39, 0.29) is 5.88 Å². The van der Waals surface area contributed by atoms with Gasteiger partial charge in [-0.05, 0) is 6.07 Å². The molecule has 0 amide bonds. The molecular formula is C5H6ClNO. The lowest BCUT2D eigenvalue weighted by molar-refractivity contribution is 0.432. The van der Waals surface area contributed by atoms with Crippen LogP contribution in [0, 0.1) is 0 Å². The van der Waals surface area contributed by atoms with Crippen LogP contribution >= 0.6 is 11.6 Å². The van der Waals surface area contributed by atoms with Gasteiger partial charge in [0.2, 0.25) is 5.88 Å². The summed E-state index contributed by atoms with van der Waals surface area (Å²) in [6.45, 7) is 0. The van der Waals surface area contributed by atoms with E-state index in [4.69, 9.17) is 16.7 Å². The van der Waals surface area contributed by atoms with Crippen LogP contribution in [0.3, 0.4) is 0 Å². The number of rotatable bonds is 0. The molecule has 1 N–H and O–H groups in total. The van der Waals surface area contributed by atoms with Crippen LogP contribution in [0.25, 0.3) is 0 Å². The third kappa shape index (κ3) is 0.670. The molecule has 0 spiro atoms. The van der Waals surface area contributed by atoms with E-state index < -0.39 is 0 Å². The molecule has 1 heterocycles. The van der Waals surface area contributed by atoms with Gasteiger partial charge in [-0.25, -0.2) is 0 Å². The maximum Gasteiger partial charge on any atom is 0.210 e. The molecule has 1 aromatic heterocycles. The second kappa shape index (κ2) is 1.71. The lowest BCUT2D eigenvalue weighted by Crippen LogP contribution is -1.80. The Kier molecular flexibility index (Phi) is 1.18. The van der Waals surface area contributed by atoms with Gasteiger partial charge in [-0.15, -0.1) is 0 Å². The van der Waals surface area contributed by atoms with Gasteiger partial charge in [-0.3, -0.25) is 0 Å². The number of aromatic hydroxyl groups is 1. The van der Waals surface area contributed by atoms with Gasteiger partial charge in [-0.1, -0.05) is 11.6 Å². The van der Waals surface area contributed by atoms with E-state index in [1.54, 1.807) is 23.9 Å². The number of hydrogen-bond donors (Lipinski definition) is 1. The van der Waals surface area contributed by atoms with Crippen LogP contribution in [-0.4, -0.2) is 9.67 Å². The topological polar surface area (TPSA) is 25.2 Å². The molecule has 0 aliphatic rings. The van der Waals surface area contributed by atoms with Crippen molar-refractivity contribution < 1.29 is 5.11 Å². The summed E-state index contributed by atoms with van der Waals surface area (Å²) >= 11 is 5.46. The fourth-order valence-electron chi connectivity index (χ4n) is 0.491. The van der Waals surface area contributed by atoms with Crippen molar-refractivity contribution in [2.45, 2.75) is 0 Å². The molecule has 1 rings (SSSR count). The van der Waals surface area contributed by atoms with E-state index in [0.29, 0.717) is 5.02 Å². The fourth-order valence-corrected chi connectivity index (χ4v) is 0.681. The Morgan fingerprint density at radius 3 is 2.50 bits per heavy atom. The summed E-state index contributed by atoms with van der Waals surface area (Å²) in [7, 11) is 1.72. The monoisotopic (exact) mass is 131 g/mol. The van der Waals surface area contributed by atoms with Crippen molar-refractivity contribution in [2.75, 3.05) is 0 Å².